The van der Waals surface area contributed by atoms with E-state index in [9.17, 15) is 4.79 Å². The van der Waals surface area contributed by atoms with Crippen LogP contribution in [0.25, 0.3) is 0 Å². The Morgan fingerprint density at radius 3 is 2.58 bits per heavy atom. The molecule has 5 heteroatoms. The molecule has 0 spiro atoms. The Kier molecular flexibility index (Phi) is 6.25. The van der Waals surface area contributed by atoms with Crippen molar-refractivity contribution in [3.05, 3.63) is 59.9 Å². The number of hydrogen-bond acceptors (Lipinski definition) is 4. The van der Waals surface area contributed by atoms with Gasteiger partial charge in [-0.3, -0.25) is 4.79 Å². The van der Waals surface area contributed by atoms with Crippen molar-refractivity contribution < 1.29 is 9.53 Å². The topological polar surface area (TPSA) is 63.2 Å². The van der Waals surface area contributed by atoms with E-state index in [0.717, 1.165) is 24.4 Å². The van der Waals surface area contributed by atoms with Crippen molar-refractivity contribution in [3.63, 3.8) is 0 Å². The first-order valence-corrected chi connectivity index (χ1v) is 9.08. The standard InChI is InChI=1S/C21H25N3O2/c1-26-19-10-7-17(8-11-19)24-21(25)20-12-9-18(15-23-20)22-14-13-16-5-3-2-4-6-16/h5,7-12,15,22H,2-4,6,13-14H2,1H3,(H,24,25). The molecule has 1 amide bonds. The van der Waals surface area contributed by atoms with Crippen LogP contribution in [0.4, 0.5) is 11.4 Å². The van der Waals surface area contributed by atoms with E-state index in [1.807, 2.05) is 6.07 Å². The highest BCUT2D eigenvalue weighted by Gasteiger charge is 2.08. The van der Waals surface area contributed by atoms with Crippen LogP contribution in [0.2, 0.25) is 0 Å². The molecule has 2 N–H and O–H groups in total. The van der Waals surface area contributed by atoms with Crippen molar-refractivity contribution in [2.45, 2.75) is 32.1 Å². The van der Waals surface area contributed by atoms with Crippen molar-refractivity contribution in [2.75, 3.05) is 24.3 Å². The summed E-state index contributed by atoms with van der Waals surface area (Å²) in [5.74, 6) is 0.523. The van der Waals surface area contributed by atoms with Crippen LogP contribution < -0.4 is 15.4 Å². The highest BCUT2D eigenvalue weighted by Crippen LogP contribution is 2.20. The molecule has 0 bridgehead atoms. The van der Waals surface area contributed by atoms with Crippen molar-refractivity contribution in [1.29, 1.82) is 0 Å². The van der Waals surface area contributed by atoms with Gasteiger partial charge in [0, 0.05) is 12.2 Å². The molecule has 3 rings (SSSR count). The van der Waals surface area contributed by atoms with Crippen LogP contribution in [0, 0.1) is 0 Å². The number of amides is 1. The molecule has 26 heavy (non-hydrogen) atoms. The molecular weight excluding hydrogens is 326 g/mol. The van der Waals surface area contributed by atoms with Gasteiger partial charge in [-0.1, -0.05) is 11.6 Å². The Morgan fingerprint density at radius 2 is 1.92 bits per heavy atom. The second-order valence-corrected chi connectivity index (χ2v) is 6.40. The number of allylic oxidation sites excluding steroid dienone is 1. The van der Waals surface area contributed by atoms with Crippen LogP contribution in [0.5, 0.6) is 5.75 Å². The van der Waals surface area contributed by atoms with Crippen LogP contribution in [-0.4, -0.2) is 24.5 Å². The molecule has 0 aliphatic heterocycles. The molecule has 5 nitrogen and oxygen atoms in total. The summed E-state index contributed by atoms with van der Waals surface area (Å²) in [7, 11) is 1.61. The Bertz CT molecular complexity index is 752. The van der Waals surface area contributed by atoms with E-state index in [0.29, 0.717) is 11.4 Å². The third-order valence-electron chi connectivity index (χ3n) is 4.50. The van der Waals surface area contributed by atoms with Gasteiger partial charge in [0.15, 0.2) is 0 Å². The van der Waals surface area contributed by atoms with E-state index in [1.165, 1.54) is 25.7 Å². The Morgan fingerprint density at radius 1 is 1.12 bits per heavy atom. The molecule has 0 atom stereocenters. The quantitative estimate of drug-likeness (QED) is 0.713. The molecule has 0 unspecified atom stereocenters. The highest BCUT2D eigenvalue weighted by atomic mass is 16.5. The fourth-order valence-electron chi connectivity index (χ4n) is 3.00. The molecule has 1 aliphatic carbocycles. The fraction of sp³-hybridized carbons (Fsp3) is 0.333. The van der Waals surface area contributed by atoms with Gasteiger partial charge in [0.2, 0.25) is 0 Å². The van der Waals surface area contributed by atoms with Gasteiger partial charge >= 0.3 is 0 Å². The maximum absolute atomic E-state index is 12.3. The summed E-state index contributed by atoms with van der Waals surface area (Å²) >= 11 is 0. The summed E-state index contributed by atoms with van der Waals surface area (Å²) < 4.78 is 5.11. The number of nitrogens with one attached hydrogen (secondary N) is 2. The zero-order chi connectivity index (χ0) is 18.2. The molecule has 1 aromatic heterocycles. The summed E-state index contributed by atoms with van der Waals surface area (Å²) in [6.07, 6.45) is 10.2. The van der Waals surface area contributed by atoms with E-state index in [4.69, 9.17) is 4.74 Å². The summed E-state index contributed by atoms with van der Waals surface area (Å²) in [5.41, 5.74) is 3.58. The van der Waals surface area contributed by atoms with Gasteiger partial charge in [0.05, 0.1) is 19.0 Å². The van der Waals surface area contributed by atoms with E-state index >= 15 is 0 Å². The van der Waals surface area contributed by atoms with E-state index in [-0.39, 0.29) is 5.91 Å². The van der Waals surface area contributed by atoms with E-state index in [2.05, 4.69) is 21.7 Å². The van der Waals surface area contributed by atoms with Gasteiger partial charge in [-0.25, -0.2) is 4.98 Å². The monoisotopic (exact) mass is 351 g/mol. The normalized spacial score (nSPS) is 13.7. The molecule has 0 saturated heterocycles. The Labute approximate surface area is 154 Å². The lowest BCUT2D eigenvalue weighted by atomic mass is 9.97. The third-order valence-corrected chi connectivity index (χ3v) is 4.50. The van der Waals surface area contributed by atoms with Crippen molar-refractivity contribution >= 4 is 17.3 Å². The number of methoxy groups -OCH3 is 1. The van der Waals surface area contributed by atoms with Gasteiger partial charge in [-0.15, -0.1) is 0 Å². The maximum atomic E-state index is 12.3. The van der Waals surface area contributed by atoms with E-state index in [1.54, 1.807) is 49.2 Å². The minimum absolute atomic E-state index is 0.228. The second-order valence-electron chi connectivity index (χ2n) is 6.40. The molecular formula is C21H25N3O2. The zero-order valence-electron chi connectivity index (χ0n) is 15.1. The zero-order valence-corrected chi connectivity index (χ0v) is 15.1. The first-order valence-electron chi connectivity index (χ1n) is 9.08. The van der Waals surface area contributed by atoms with Crippen molar-refractivity contribution in [2.24, 2.45) is 0 Å². The van der Waals surface area contributed by atoms with Crippen molar-refractivity contribution in [3.8, 4) is 5.75 Å². The lowest BCUT2D eigenvalue weighted by Crippen LogP contribution is -2.14. The molecule has 1 heterocycles. The van der Waals surface area contributed by atoms with Crippen LogP contribution in [-0.2, 0) is 0 Å². The third kappa shape index (κ3) is 5.09. The maximum Gasteiger partial charge on any atom is 0.274 e. The van der Waals surface area contributed by atoms with Crippen LogP contribution in [0.1, 0.15) is 42.6 Å². The number of hydrogen-bond donors (Lipinski definition) is 2. The predicted molar refractivity (Wildman–Crippen MR) is 105 cm³/mol. The van der Waals surface area contributed by atoms with Crippen LogP contribution in [0.15, 0.2) is 54.2 Å². The SMILES string of the molecule is COc1ccc(NC(=O)c2ccc(NCCC3=CCCCC3)cn2)cc1. The van der Waals surface area contributed by atoms with Gasteiger partial charge in [0.1, 0.15) is 11.4 Å². The molecule has 0 saturated carbocycles. The molecule has 0 radical (unpaired) electrons. The predicted octanol–water partition coefficient (Wildman–Crippen LogP) is 4.64. The van der Waals surface area contributed by atoms with Crippen molar-refractivity contribution in [1.82, 2.24) is 4.98 Å². The summed E-state index contributed by atoms with van der Waals surface area (Å²) in [6, 6.07) is 10.8. The number of benzene rings is 1. The second kappa shape index (κ2) is 9.04. The lowest BCUT2D eigenvalue weighted by molar-refractivity contribution is 0.102. The van der Waals surface area contributed by atoms with Gasteiger partial charge < -0.3 is 15.4 Å². The van der Waals surface area contributed by atoms with Gasteiger partial charge in [-0.2, -0.15) is 0 Å². The average Bonchev–Trinajstić information content (AvgIpc) is 2.70. The minimum Gasteiger partial charge on any atom is -0.497 e. The molecule has 2 aromatic rings. The molecule has 0 fully saturated rings. The number of carbonyl (C=O) groups excluding carboxylic acids is 1. The first-order chi connectivity index (χ1) is 12.7. The Hall–Kier alpha value is -2.82. The number of rotatable bonds is 7. The number of carbonyl (C=O) groups is 1. The highest BCUT2D eigenvalue weighted by molar-refractivity contribution is 6.02. The Balaban J connectivity index is 1.49. The molecule has 1 aromatic carbocycles. The number of ether oxygens (including phenoxy) is 1. The minimum atomic E-state index is -0.228. The number of nitrogens with zero attached hydrogens (tertiary/aromatic N) is 1. The smallest absolute Gasteiger partial charge is 0.274 e. The fourth-order valence-corrected chi connectivity index (χ4v) is 3.00. The lowest BCUT2D eigenvalue weighted by Gasteiger charge is -2.13. The molecule has 1 aliphatic rings. The first kappa shape index (κ1) is 18.0. The van der Waals surface area contributed by atoms with Crippen LogP contribution in [0.3, 0.4) is 0 Å². The average molecular weight is 351 g/mol. The van der Waals surface area contributed by atoms with Gasteiger partial charge in [0.25, 0.3) is 5.91 Å². The number of anilines is 2. The summed E-state index contributed by atoms with van der Waals surface area (Å²) in [5, 5.41) is 6.20. The summed E-state index contributed by atoms with van der Waals surface area (Å²) in [6.45, 7) is 0.894. The van der Waals surface area contributed by atoms with Crippen LogP contribution >= 0.6 is 0 Å². The summed E-state index contributed by atoms with van der Waals surface area (Å²) in [4.78, 5) is 16.5. The largest absolute Gasteiger partial charge is 0.497 e. The van der Waals surface area contributed by atoms with E-state index < -0.39 is 0 Å². The van der Waals surface area contributed by atoms with Gasteiger partial charge in [-0.05, 0) is 68.5 Å². The number of pyridine rings is 1. The molecule has 136 valence electrons. The number of aromatic nitrogens is 1.